The molecule has 0 amide bonds. The minimum absolute atomic E-state index is 0.456. The van der Waals surface area contributed by atoms with Crippen LogP contribution in [0.15, 0.2) is 24.8 Å². The molecule has 0 aliphatic rings. The Bertz CT molecular complexity index is 172. The van der Waals surface area contributed by atoms with E-state index in [9.17, 15) is 0 Å². The lowest BCUT2D eigenvalue weighted by atomic mass is 9.75. The van der Waals surface area contributed by atoms with Crippen LogP contribution in [0.5, 0.6) is 0 Å². The van der Waals surface area contributed by atoms with E-state index in [2.05, 4.69) is 40.9 Å². The summed E-state index contributed by atoms with van der Waals surface area (Å²) in [6.07, 6.45) is 5.70. The molecule has 0 radical (unpaired) electrons. The zero-order chi connectivity index (χ0) is 10.5. The van der Waals surface area contributed by atoms with E-state index < -0.39 is 0 Å². The average Bonchev–Trinajstić information content (AvgIpc) is 2.13. The Kier molecular flexibility index (Phi) is 5.05. The molecule has 1 unspecified atom stereocenters. The standard InChI is InChI=1S/C13H24/c1-7-12(11(4)5)10-13(6,8-2)9-3/h7,12H,1,4,8-10H2,2-3,5-6H3. The molecule has 0 aliphatic heterocycles. The van der Waals surface area contributed by atoms with Crippen LogP contribution in [-0.4, -0.2) is 0 Å². The molecule has 0 aromatic carbocycles. The minimum Gasteiger partial charge on any atom is -0.102 e. The Balaban J connectivity index is 4.36. The van der Waals surface area contributed by atoms with Crippen LogP contribution in [0, 0.1) is 11.3 Å². The molecule has 13 heavy (non-hydrogen) atoms. The summed E-state index contributed by atoms with van der Waals surface area (Å²) in [4.78, 5) is 0. The van der Waals surface area contributed by atoms with Crippen LogP contribution in [0.2, 0.25) is 0 Å². The van der Waals surface area contributed by atoms with Crippen LogP contribution in [0.1, 0.15) is 47.0 Å². The molecule has 0 fully saturated rings. The lowest BCUT2D eigenvalue weighted by molar-refractivity contribution is 0.252. The third-order valence-electron chi connectivity index (χ3n) is 3.34. The van der Waals surface area contributed by atoms with Gasteiger partial charge in [0.05, 0.1) is 0 Å². The highest BCUT2D eigenvalue weighted by Gasteiger charge is 2.23. The third-order valence-corrected chi connectivity index (χ3v) is 3.34. The molecule has 0 aliphatic carbocycles. The van der Waals surface area contributed by atoms with Crippen molar-refractivity contribution in [3.05, 3.63) is 24.8 Å². The van der Waals surface area contributed by atoms with E-state index in [1.165, 1.54) is 24.8 Å². The summed E-state index contributed by atoms with van der Waals surface area (Å²) in [5.74, 6) is 0.491. The molecular weight excluding hydrogens is 156 g/mol. The van der Waals surface area contributed by atoms with Gasteiger partial charge in [-0.05, 0) is 24.7 Å². The molecule has 0 nitrogen and oxygen atoms in total. The van der Waals surface area contributed by atoms with Gasteiger partial charge in [0.25, 0.3) is 0 Å². The van der Waals surface area contributed by atoms with E-state index in [4.69, 9.17) is 0 Å². The smallest absolute Gasteiger partial charge is 0.00262 e. The molecule has 0 bridgehead atoms. The number of hydrogen-bond acceptors (Lipinski definition) is 0. The Morgan fingerprint density at radius 3 is 2.08 bits per heavy atom. The van der Waals surface area contributed by atoms with Gasteiger partial charge in [-0.3, -0.25) is 0 Å². The molecule has 1 atom stereocenters. The summed E-state index contributed by atoms with van der Waals surface area (Å²) in [6, 6.07) is 0. The maximum atomic E-state index is 4.01. The SMILES string of the molecule is C=CC(CC(C)(CC)CC)C(=C)C. The minimum atomic E-state index is 0.456. The molecule has 0 heterocycles. The first-order chi connectivity index (χ1) is 5.99. The molecule has 0 saturated heterocycles. The topological polar surface area (TPSA) is 0 Å². The number of allylic oxidation sites excluding steroid dienone is 2. The second-order valence-electron chi connectivity index (χ2n) is 4.41. The van der Waals surface area contributed by atoms with Gasteiger partial charge in [0.15, 0.2) is 0 Å². The molecule has 0 heteroatoms. The van der Waals surface area contributed by atoms with Crippen molar-refractivity contribution in [2.24, 2.45) is 11.3 Å². The molecule has 0 spiro atoms. The van der Waals surface area contributed by atoms with Gasteiger partial charge in [0.2, 0.25) is 0 Å². The first-order valence-electron chi connectivity index (χ1n) is 5.27. The van der Waals surface area contributed by atoms with Crippen LogP contribution in [0.25, 0.3) is 0 Å². The third kappa shape index (κ3) is 3.80. The van der Waals surface area contributed by atoms with Crippen LogP contribution in [-0.2, 0) is 0 Å². The van der Waals surface area contributed by atoms with Crippen molar-refractivity contribution >= 4 is 0 Å². The summed E-state index contributed by atoms with van der Waals surface area (Å²) in [5, 5.41) is 0. The van der Waals surface area contributed by atoms with Gasteiger partial charge in [-0.15, -0.1) is 6.58 Å². The van der Waals surface area contributed by atoms with Gasteiger partial charge in [0, 0.05) is 0 Å². The summed E-state index contributed by atoms with van der Waals surface area (Å²) in [7, 11) is 0. The zero-order valence-electron chi connectivity index (χ0n) is 9.69. The monoisotopic (exact) mass is 180 g/mol. The highest BCUT2D eigenvalue weighted by Crippen LogP contribution is 2.35. The van der Waals surface area contributed by atoms with Gasteiger partial charge >= 0.3 is 0 Å². The van der Waals surface area contributed by atoms with E-state index in [0.717, 1.165) is 0 Å². The first kappa shape index (κ1) is 12.5. The van der Waals surface area contributed by atoms with Gasteiger partial charge < -0.3 is 0 Å². The lowest BCUT2D eigenvalue weighted by Crippen LogP contribution is -2.18. The summed E-state index contributed by atoms with van der Waals surface area (Å²) < 4.78 is 0. The van der Waals surface area contributed by atoms with Crippen LogP contribution in [0.3, 0.4) is 0 Å². The number of hydrogen-bond donors (Lipinski definition) is 0. The summed E-state index contributed by atoms with van der Waals surface area (Å²) in [6.45, 7) is 16.9. The van der Waals surface area contributed by atoms with E-state index in [1.807, 2.05) is 6.08 Å². The van der Waals surface area contributed by atoms with Crippen LogP contribution < -0.4 is 0 Å². The second kappa shape index (κ2) is 5.26. The Hall–Kier alpha value is -0.520. The molecular formula is C13H24. The fourth-order valence-electron chi connectivity index (χ4n) is 1.53. The maximum Gasteiger partial charge on any atom is -0.00262 e. The summed E-state index contributed by atoms with van der Waals surface area (Å²) in [5.41, 5.74) is 1.70. The van der Waals surface area contributed by atoms with E-state index in [1.54, 1.807) is 0 Å². The maximum absolute atomic E-state index is 4.01. The van der Waals surface area contributed by atoms with Gasteiger partial charge in [0.1, 0.15) is 0 Å². The van der Waals surface area contributed by atoms with Crippen molar-refractivity contribution in [2.45, 2.75) is 47.0 Å². The van der Waals surface area contributed by atoms with Gasteiger partial charge in [-0.25, -0.2) is 0 Å². The van der Waals surface area contributed by atoms with Crippen molar-refractivity contribution in [1.29, 1.82) is 0 Å². The molecule has 0 rings (SSSR count). The Labute approximate surface area is 83.7 Å². The van der Waals surface area contributed by atoms with Gasteiger partial charge in [-0.1, -0.05) is 51.8 Å². The predicted octanol–water partition coefficient (Wildman–Crippen LogP) is 4.58. The molecule has 0 saturated carbocycles. The number of rotatable bonds is 6. The Morgan fingerprint density at radius 1 is 1.38 bits per heavy atom. The fourth-order valence-corrected chi connectivity index (χ4v) is 1.53. The quantitative estimate of drug-likeness (QED) is 0.525. The average molecular weight is 180 g/mol. The highest BCUT2D eigenvalue weighted by atomic mass is 14.3. The normalized spacial score (nSPS) is 13.8. The molecule has 0 aromatic rings. The molecule has 0 aromatic heterocycles. The first-order valence-corrected chi connectivity index (χ1v) is 5.27. The zero-order valence-corrected chi connectivity index (χ0v) is 9.69. The van der Waals surface area contributed by atoms with Crippen molar-refractivity contribution in [1.82, 2.24) is 0 Å². The van der Waals surface area contributed by atoms with Crippen molar-refractivity contribution in [3.63, 3.8) is 0 Å². The fraction of sp³-hybridized carbons (Fsp3) is 0.692. The summed E-state index contributed by atoms with van der Waals surface area (Å²) >= 11 is 0. The van der Waals surface area contributed by atoms with Crippen molar-refractivity contribution < 1.29 is 0 Å². The molecule has 0 N–H and O–H groups in total. The van der Waals surface area contributed by atoms with Gasteiger partial charge in [-0.2, -0.15) is 0 Å². The predicted molar refractivity (Wildman–Crippen MR) is 61.8 cm³/mol. The molecule has 76 valence electrons. The van der Waals surface area contributed by atoms with Crippen molar-refractivity contribution in [2.75, 3.05) is 0 Å². The lowest BCUT2D eigenvalue weighted by Gasteiger charge is -2.30. The highest BCUT2D eigenvalue weighted by molar-refractivity contribution is 5.05. The largest absolute Gasteiger partial charge is 0.102 e. The second-order valence-corrected chi connectivity index (χ2v) is 4.41. The van der Waals surface area contributed by atoms with Crippen LogP contribution in [0.4, 0.5) is 0 Å². The van der Waals surface area contributed by atoms with Crippen LogP contribution >= 0.6 is 0 Å². The van der Waals surface area contributed by atoms with E-state index in [0.29, 0.717) is 11.3 Å². The van der Waals surface area contributed by atoms with E-state index >= 15 is 0 Å². The van der Waals surface area contributed by atoms with Crippen molar-refractivity contribution in [3.8, 4) is 0 Å². The Morgan fingerprint density at radius 2 is 1.85 bits per heavy atom. The van der Waals surface area contributed by atoms with E-state index in [-0.39, 0.29) is 0 Å².